The summed E-state index contributed by atoms with van der Waals surface area (Å²) in [5.74, 6) is 0.900. The molecule has 0 aliphatic rings. The van der Waals surface area contributed by atoms with Gasteiger partial charge in [-0.1, -0.05) is 6.92 Å². The minimum Gasteiger partial charge on any atom is -0.282 e. The van der Waals surface area contributed by atoms with Crippen molar-refractivity contribution in [1.29, 1.82) is 0 Å². The van der Waals surface area contributed by atoms with Gasteiger partial charge in [0.2, 0.25) is 0 Å². The molecule has 0 fully saturated rings. The lowest BCUT2D eigenvalue weighted by Crippen LogP contribution is -2.12. The highest BCUT2D eigenvalue weighted by Gasteiger charge is 2.31. The summed E-state index contributed by atoms with van der Waals surface area (Å²) >= 11 is 1.42. The van der Waals surface area contributed by atoms with Gasteiger partial charge in [-0.2, -0.15) is 17.7 Å². The van der Waals surface area contributed by atoms with Crippen molar-refractivity contribution in [1.82, 2.24) is 29.2 Å². The SMILES string of the molecule is CCSc1[nH]n2c(=O)ccnc2c1-c1nc2ccc(C(F)(F)F)cn2n1. The number of aromatic nitrogens is 6. The van der Waals surface area contributed by atoms with Gasteiger partial charge in [-0.05, 0) is 17.9 Å². The Morgan fingerprint density at radius 2 is 2.08 bits per heavy atom. The highest BCUT2D eigenvalue weighted by molar-refractivity contribution is 7.99. The van der Waals surface area contributed by atoms with Crippen molar-refractivity contribution in [2.24, 2.45) is 0 Å². The van der Waals surface area contributed by atoms with Gasteiger partial charge in [0.15, 0.2) is 17.1 Å². The summed E-state index contributed by atoms with van der Waals surface area (Å²) in [6.07, 6.45) is -2.22. The van der Waals surface area contributed by atoms with E-state index in [0.29, 0.717) is 22.0 Å². The molecule has 0 radical (unpaired) electrons. The monoisotopic (exact) mass is 380 g/mol. The summed E-state index contributed by atoms with van der Waals surface area (Å²) in [4.78, 5) is 20.5. The van der Waals surface area contributed by atoms with Crippen LogP contribution in [-0.2, 0) is 6.18 Å². The van der Waals surface area contributed by atoms with E-state index >= 15 is 0 Å². The number of thioether (sulfide) groups is 1. The lowest BCUT2D eigenvalue weighted by atomic mass is 10.3. The number of hydrogen-bond acceptors (Lipinski definition) is 5. The summed E-state index contributed by atoms with van der Waals surface area (Å²) < 4.78 is 41.0. The van der Waals surface area contributed by atoms with Crippen molar-refractivity contribution >= 4 is 23.1 Å². The van der Waals surface area contributed by atoms with Crippen LogP contribution in [0.1, 0.15) is 12.5 Å². The molecule has 0 aliphatic heterocycles. The normalized spacial score (nSPS) is 12.3. The van der Waals surface area contributed by atoms with Gasteiger partial charge in [-0.25, -0.2) is 14.5 Å². The molecule has 11 heteroatoms. The molecular weight excluding hydrogens is 369 g/mol. The van der Waals surface area contributed by atoms with Crippen LogP contribution in [0.2, 0.25) is 0 Å². The number of halogens is 3. The number of rotatable bonds is 3. The molecule has 4 rings (SSSR count). The third-order valence-corrected chi connectivity index (χ3v) is 4.55. The number of nitrogens with one attached hydrogen (secondary N) is 1. The minimum absolute atomic E-state index is 0.192. The second-order valence-corrected chi connectivity index (χ2v) is 6.62. The zero-order valence-corrected chi connectivity index (χ0v) is 14.1. The van der Waals surface area contributed by atoms with Gasteiger partial charge < -0.3 is 0 Å². The van der Waals surface area contributed by atoms with Crippen LogP contribution in [0.25, 0.3) is 22.7 Å². The molecule has 0 bridgehead atoms. The van der Waals surface area contributed by atoms with Gasteiger partial charge in [-0.3, -0.25) is 9.89 Å². The quantitative estimate of drug-likeness (QED) is 0.553. The van der Waals surface area contributed by atoms with E-state index in [1.807, 2.05) is 6.92 Å². The Morgan fingerprint density at radius 1 is 1.27 bits per heavy atom. The van der Waals surface area contributed by atoms with Crippen LogP contribution in [0.4, 0.5) is 13.2 Å². The Hall–Kier alpha value is -2.82. The van der Waals surface area contributed by atoms with Gasteiger partial charge in [0.05, 0.1) is 11.1 Å². The van der Waals surface area contributed by atoms with E-state index in [1.165, 1.54) is 34.6 Å². The third kappa shape index (κ3) is 2.64. The van der Waals surface area contributed by atoms with Gasteiger partial charge >= 0.3 is 6.18 Å². The number of pyridine rings is 1. The molecule has 0 saturated heterocycles. The Balaban J connectivity index is 1.96. The molecule has 0 atom stereocenters. The van der Waals surface area contributed by atoms with Crippen LogP contribution in [0, 0.1) is 0 Å². The molecule has 4 heterocycles. The number of alkyl halides is 3. The average Bonchev–Trinajstić information content (AvgIpc) is 3.15. The highest BCUT2D eigenvalue weighted by atomic mass is 32.2. The third-order valence-electron chi connectivity index (χ3n) is 3.68. The van der Waals surface area contributed by atoms with Crippen molar-refractivity contribution in [3.8, 4) is 11.4 Å². The molecule has 4 aromatic rings. The fourth-order valence-electron chi connectivity index (χ4n) is 2.56. The maximum Gasteiger partial charge on any atom is 0.417 e. The molecule has 0 spiro atoms. The van der Waals surface area contributed by atoms with Crippen molar-refractivity contribution < 1.29 is 13.2 Å². The molecule has 0 amide bonds. The number of nitrogens with zero attached hydrogens (tertiary/aromatic N) is 5. The molecule has 1 N–H and O–H groups in total. The van der Waals surface area contributed by atoms with Crippen molar-refractivity contribution in [2.75, 3.05) is 5.75 Å². The predicted molar refractivity (Wildman–Crippen MR) is 89.2 cm³/mol. The standard InChI is InChI=1S/C15H11F3N6OS/c1-2-26-14-11(13-19-6-5-10(25)24(13)22-14)12-20-9-4-3-8(15(16,17)18)7-23(9)21-12/h3-7,22H,2H2,1H3. The average molecular weight is 380 g/mol. The zero-order valence-electron chi connectivity index (χ0n) is 13.3. The largest absolute Gasteiger partial charge is 0.417 e. The lowest BCUT2D eigenvalue weighted by Gasteiger charge is -2.05. The molecular formula is C15H11F3N6OS. The summed E-state index contributed by atoms with van der Waals surface area (Å²) in [6, 6.07) is 3.51. The van der Waals surface area contributed by atoms with Crippen LogP contribution >= 0.6 is 11.8 Å². The summed E-state index contributed by atoms with van der Waals surface area (Å²) in [5.41, 5.74) is -0.0644. The first kappa shape index (κ1) is 16.6. The second kappa shape index (κ2) is 5.87. The summed E-state index contributed by atoms with van der Waals surface area (Å²) in [7, 11) is 0. The van der Waals surface area contributed by atoms with Crippen LogP contribution in [-0.4, -0.2) is 34.9 Å². The Kier molecular flexibility index (Phi) is 3.75. The van der Waals surface area contributed by atoms with E-state index in [9.17, 15) is 18.0 Å². The van der Waals surface area contributed by atoms with Crippen LogP contribution in [0.3, 0.4) is 0 Å². The summed E-state index contributed by atoms with van der Waals surface area (Å²) in [5, 5.41) is 7.74. The molecule has 0 aromatic carbocycles. The Labute approximate surface area is 147 Å². The van der Waals surface area contributed by atoms with E-state index in [0.717, 1.165) is 16.8 Å². The second-order valence-electron chi connectivity index (χ2n) is 5.34. The molecule has 26 heavy (non-hydrogen) atoms. The summed E-state index contributed by atoms with van der Waals surface area (Å²) in [6.45, 7) is 1.93. The van der Waals surface area contributed by atoms with E-state index in [4.69, 9.17) is 0 Å². The first-order valence-electron chi connectivity index (χ1n) is 7.55. The fraction of sp³-hybridized carbons (Fsp3) is 0.200. The zero-order chi connectivity index (χ0) is 18.5. The predicted octanol–water partition coefficient (Wildman–Crippen LogP) is 2.86. The molecule has 0 aliphatic carbocycles. The first-order valence-corrected chi connectivity index (χ1v) is 8.53. The Bertz CT molecular complexity index is 1180. The Morgan fingerprint density at radius 3 is 2.81 bits per heavy atom. The minimum atomic E-state index is -4.47. The van der Waals surface area contributed by atoms with Gasteiger partial charge in [0.1, 0.15) is 5.03 Å². The van der Waals surface area contributed by atoms with E-state index < -0.39 is 11.7 Å². The van der Waals surface area contributed by atoms with E-state index in [-0.39, 0.29) is 17.0 Å². The molecule has 4 aromatic heterocycles. The van der Waals surface area contributed by atoms with Crippen molar-refractivity contribution in [3.05, 3.63) is 46.5 Å². The van der Waals surface area contributed by atoms with E-state index in [2.05, 4.69) is 20.2 Å². The van der Waals surface area contributed by atoms with Crippen LogP contribution in [0.15, 0.2) is 40.4 Å². The van der Waals surface area contributed by atoms with Crippen molar-refractivity contribution in [3.63, 3.8) is 0 Å². The smallest absolute Gasteiger partial charge is 0.282 e. The number of H-pyrrole nitrogens is 1. The highest BCUT2D eigenvalue weighted by Crippen LogP contribution is 2.32. The topological polar surface area (TPSA) is 80.3 Å². The molecule has 0 unspecified atom stereocenters. The maximum absolute atomic E-state index is 12.9. The maximum atomic E-state index is 12.9. The number of aromatic amines is 1. The van der Waals surface area contributed by atoms with Crippen molar-refractivity contribution in [2.45, 2.75) is 18.1 Å². The molecule has 7 nitrogen and oxygen atoms in total. The van der Waals surface area contributed by atoms with Gasteiger partial charge in [0.25, 0.3) is 5.56 Å². The van der Waals surface area contributed by atoms with E-state index in [1.54, 1.807) is 0 Å². The van der Waals surface area contributed by atoms with Gasteiger partial charge in [-0.15, -0.1) is 16.9 Å². The van der Waals surface area contributed by atoms with Gasteiger partial charge in [0, 0.05) is 18.5 Å². The number of fused-ring (bicyclic) bond motifs is 2. The molecule has 0 saturated carbocycles. The van der Waals surface area contributed by atoms with Crippen LogP contribution < -0.4 is 5.56 Å². The fourth-order valence-corrected chi connectivity index (χ4v) is 3.33. The first-order chi connectivity index (χ1) is 12.4. The lowest BCUT2D eigenvalue weighted by molar-refractivity contribution is -0.137. The molecule has 134 valence electrons. The number of hydrogen-bond donors (Lipinski definition) is 1. The van der Waals surface area contributed by atoms with Crippen LogP contribution in [0.5, 0.6) is 0 Å².